The number of rotatable bonds is 11. The number of carbonyl (C=O) groups is 2. The van der Waals surface area contributed by atoms with Crippen LogP contribution in [-0.2, 0) is 28.3 Å². The van der Waals surface area contributed by atoms with Crippen molar-refractivity contribution < 1.29 is 9.59 Å². The number of aryl methyl sites for hydroxylation is 2. The Balaban J connectivity index is 1.82. The molecule has 3 rings (SSSR count). The Bertz CT molecular complexity index is 1070. The zero-order chi connectivity index (χ0) is 24.3. The average Bonchev–Trinajstić information content (AvgIpc) is 2.84. The van der Waals surface area contributed by atoms with Gasteiger partial charge in [0.05, 0.1) is 5.75 Å². The van der Waals surface area contributed by atoms with Crippen LogP contribution in [0.15, 0.2) is 78.9 Å². The molecule has 0 aliphatic heterocycles. The lowest BCUT2D eigenvalue weighted by Crippen LogP contribution is -2.51. The molecule has 0 saturated carbocycles. The number of hydrogen-bond donors (Lipinski definition) is 1. The minimum absolute atomic E-state index is 0.0219. The molecule has 1 atom stereocenters. The van der Waals surface area contributed by atoms with Gasteiger partial charge in [0, 0.05) is 25.3 Å². The van der Waals surface area contributed by atoms with E-state index in [0.717, 1.165) is 16.9 Å². The van der Waals surface area contributed by atoms with E-state index in [1.165, 1.54) is 16.7 Å². The van der Waals surface area contributed by atoms with Gasteiger partial charge in [0.25, 0.3) is 0 Å². The second kappa shape index (κ2) is 13.0. The van der Waals surface area contributed by atoms with E-state index in [9.17, 15) is 9.59 Å². The summed E-state index contributed by atoms with van der Waals surface area (Å²) >= 11 is 1.60. The summed E-state index contributed by atoms with van der Waals surface area (Å²) in [6.45, 7) is 6.97. The second-order valence-corrected chi connectivity index (χ2v) is 9.51. The van der Waals surface area contributed by atoms with Crippen LogP contribution in [0, 0.1) is 13.8 Å². The van der Waals surface area contributed by atoms with Crippen LogP contribution in [0.2, 0.25) is 0 Å². The molecule has 4 nitrogen and oxygen atoms in total. The number of nitrogens with zero attached hydrogens (tertiary/aromatic N) is 1. The lowest BCUT2D eigenvalue weighted by atomic mass is 10.0. The monoisotopic (exact) mass is 474 g/mol. The summed E-state index contributed by atoms with van der Waals surface area (Å²) in [6.07, 6.45) is 0.479. The highest BCUT2D eigenvalue weighted by atomic mass is 32.2. The van der Waals surface area contributed by atoms with Gasteiger partial charge in [0.15, 0.2) is 0 Å². The first kappa shape index (κ1) is 25.6. The molecule has 0 radical (unpaired) electrons. The maximum Gasteiger partial charge on any atom is 0.243 e. The topological polar surface area (TPSA) is 49.4 Å². The van der Waals surface area contributed by atoms with Gasteiger partial charge in [0.2, 0.25) is 11.8 Å². The molecule has 0 heterocycles. The fourth-order valence-electron chi connectivity index (χ4n) is 3.84. The van der Waals surface area contributed by atoms with Crippen LogP contribution in [0.1, 0.15) is 34.7 Å². The minimum Gasteiger partial charge on any atom is -0.355 e. The fraction of sp³-hybridized carbons (Fsp3) is 0.310. The van der Waals surface area contributed by atoms with E-state index in [1.54, 1.807) is 16.7 Å². The van der Waals surface area contributed by atoms with Gasteiger partial charge in [0.1, 0.15) is 6.04 Å². The number of carbonyl (C=O) groups excluding carboxylic acids is 2. The van der Waals surface area contributed by atoms with Crippen molar-refractivity contribution in [2.45, 2.75) is 45.5 Å². The quantitative estimate of drug-likeness (QED) is 0.410. The standard InChI is InChI=1S/C29H34N2O2S/c1-4-30-29(33)27(18-24-11-6-5-7-12-24)31(19-25-16-14-22(2)15-17-25)28(32)21-34-20-26-13-9-8-10-23(26)3/h5-17,27H,4,18-21H2,1-3H3,(H,30,33). The molecule has 34 heavy (non-hydrogen) atoms. The van der Waals surface area contributed by atoms with Crippen molar-refractivity contribution >= 4 is 23.6 Å². The summed E-state index contributed by atoms with van der Waals surface area (Å²) in [7, 11) is 0. The summed E-state index contributed by atoms with van der Waals surface area (Å²) in [4.78, 5) is 28.5. The van der Waals surface area contributed by atoms with Gasteiger partial charge in [-0.1, -0.05) is 84.4 Å². The highest BCUT2D eigenvalue weighted by Gasteiger charge is 2.30. The maximum absolute atomic E-state index is 13.6. The third kappa shape index (κ3) is 7.49. The van der Waals surface area contributed by atoms with Gasteiger partial charge in [-0.2, -0.15) is 0 Å². The molecule has 0 bridgehead atoms. The Morgan fingerprint density at radius 2 is 1.56 bits per heavy atom. The van der Waals surface area contributed by atoms with E-state index in [1.807, 2.05) is 80.6 Å². The number of likely N-dealkylation sites (N-methyl/N-ethyl adjacent to an activating group) is 1. The molecular formula is C29H34N2O2S. The van der Waals surface area contributed by atoms with Gasteiger partial charge in [-0.25, -0.2) is 0 Å². The number of thioether (sulfide) groups is 1. The highest BCUT2D eigenvalue weighted by molar-refractivity contribution is 7.99. The first-order valence-corrected chi connectivity index (χ1v) is 12.9. The van der Waals surface area contributed by atoms with Crippen LogP contribution in [0.4, 0.5) is 0 Å². The first-order valence-electron chi connectivity index (χ1n) is 11.8. The van der Waals surface area contributed by atoms with Crippen molar-refractivity contribution in [3.8, 4) is 0 Å². The van der Waals surface area contributed by atoms with Gasteiger partial charge in [-0.05, 0) is 43.0 Å². The van der Waals surface area contributed by atoms with E-state index in [-0.39, 0.29) is 11.8 Å². The fourth-order valence-corrected chi connectivity index (χ4v) is 4.83. The summed E-state index contributed by atoms with van der Waals surface area (Å²) in [5.41, 5.74) is 5.68. The molecule has 1 unspecified atom stereocenters. The van der Waals surface area contributed by atoms with Crippen molar-refractivity contribution in [1.82, 2.24) is 10.2 Å². The Morgan fingerprint density at radius 3 is 2.24 bits per heavy atom. The van der Waals surface area contributed by atoms with Crippen molar-refractivity contribution in [3.63, 3.8) is 0 Å². The molecule has 0 saturated heterocycles. The molecule has 0 aliphatic rings. The van der Waals surface area contributed by atoms with Crippen LogP contribution in [0.5, 0.6) is 0 Å². The predicted molar refractivity (Wildman–Crippen MR) is 142 cm³/mol. The molecule has 178 valence electrons. The smallest absolute Gasteiger partial charge is 0.243 e. The summed E-state index contributed by atoms with van der Waals surface area (Å²) < 4.78 is 0. The second-order valence-electron chi connectivity index (χ2n) is 8.53. The summed E-state index contributed by atoms with van der Waals surface area (Å²) in [5, 5.41) is 2.95. The molecule has 3 aromatic carbocycles. The first-order chi connectivity index (χ1) is 16.5. The lowest BCUT2D eigenvalue weighted by molar-refractivity contribution is -0.139. The number of amides is 2. The molecule has 0 spiro atoms. The molecule has 0 aliphatic carbocycles. The Hall–Kier alpha value is -3.05. The van der Waals surface area contributed by atoms with Gasteiger partial charge in [-0.15, -0.1) is 11.8 Å². The van der Waals surface area contributed by atoms with Crippen LogP contribution in [-0.4, -0.2) is 35.1 Å². The minimum atomic E-state index is -0.574. The van der Waals surface area contributed by atoms with E-state index in [0.29, 0.717) is 25.3 Å². The number of benzene rings is 3. The average molecular weight is 475 g/mol. The van der Waals surface area contributed by atoms with Crippen LogP contribution >= 0.6 is 11.8 Å². The molecule has 1 N–H and O–H groups in total. The maximum atomic E-state index is 13.6. The van der Waals surface area contributed by atoms with Crippen LogP contribution in [0.3, 0.4) is 0 Å². The Labute approximate surface area is 207 Å². The molecular weight excluding hydrogens is 440 g/mol. The third-order valence-electron chi connectivity index (χ3n) is 5.84. The Morgan fingerprint density at radius 1 is 0.882 bits per heavy atom. The van der Waals surface area contributed by atoms with E-state index in [4.69, 9.17) is 0 Å². The zero-order valence-corrected chi connectivity index (χ0v) is 21.1. The predicted octanol–water partition coefficient (Wildman–Crippen LogP) is 5.31. The van der Waals surface area contributed by atoms with Crippen molar-refractivity contribution in [2.75, 3.05) is 12.3 Å². The Kier molecular flexibility index (Phi) is 9.77. The van der Waals surface area contributed by atoms with Crippen molar-refractivity contribution in [3.05, 3.63) is 107 Å². The zero-order valence-electron chi connectivity index (χ0n) is 20.3. The van der Waals surface area contributed by atoms with Gasteiger partial charge in [-0.3, -0.25) is 9.59 Å². The lowest BCUT2D eigenvalue weighted by Gasteiger charge is -2.31. The molecule has 5 heteroatoms. The number of nitrogens with one attached hydrogen (secondary N) is 1. The van der Waals surface area contributed by atoms with Gasteiger partial charge < -0.3 is 10.2 Å². The van der Waals surface area contributed by atoms with Crippen molar-refractivity contribution in [2.24, 2.45) is 0 Å². The van der Waals surface area contributed by atoms with Crippen LogP contribution < -0.4 is 5.32 Å². The summed E-state index contributed by atoms with van der Waals surface area (Å²) in [6, 6.07) is 25.7. The molecule has 0 aromatic heterocycles. The van der Waals surface area contributed by atoms with Crippen LogP contribution in [0.25, 0.3) is 0 Å². The molecule has 2 amide bonds. The molecule has 3 aromatic rings. The highest BCUT2D eigenvalue weighted by Crippen LogP contribution is 2.20. The number of hydrogen-bond acceptors (Lipinski definition) is 3. The van der Waals surface area contributed by atoms with E-state index < -0.39 is 6.04 Å². The normalized spacial score (nSPS) is 11.6. The largest absolute Gasteiger partial charge is 0.355 e. The third-order valence-corrected chi connectivity index (χ3v) is 6.81. The molecule has 0 fully saturated rings. The van der Waals surface area contributed by atoms with E-state index in [2.05, 4.69) is 24.4 Å². The SMILES string of the molecule is CCNC(=O)C(Cc1ccccc1)N(Cc1ccc(C)cc1)C(=O)CSCc1ccccc1C. The van der Waals surface area contributed by atoms with E-state index >= 15 is 0 Å². The summed E-state index contributed by atoms with van der Waals surface area (Å²) in [5.74, 6) is 0.952. The van der Waals surface area contributed by atoms with Crippen molar-refractivity contribution in [1.29, 1.82) is 0 Å². The van der Waals surface area contributed by atoms with Gasteiger partial charge >= 0.3 is 0 Å².